The normalized spacial score (nSPS) is 19.7. The van der Waals surface area contributed by atoms with Gasteiger partial charge in [0.15, 0.2) is 6.29 Å². The second kappa shape index (κ2) is 18.3. The topological polar surface area (TPSA) is 131 Å². The van der Waals surface area contributed by atoms with Crippen LogP contribution in [0.2, 0.25) is 0 Å². The van der Waals surface area contributed by atoms with Gasteiger partial charge < -0.3 is 29.5 Å². The van der Waals surface area contributed by atoms with Gasteiger partial charge in [-0.15, -0.1) is 0 Å². The van der Waals surface area contributed by atoms with Crippen LogP contribution in [0, 0.1) is 0 Å². The molecule has 2 fully saturated rings. The number of hydrogen-bond donors (Lipinski definition) is 2. The summed E-state index contributed by atoms with van der Waals surface area (Å²) in [5.74, 6) is -0.819. The maximum atomic E-state index is 13.2. The van der Waals surface area contributed by atoms with E-state index in [0.29, 0.717) is 6.42 Å². The molecule has 0 saturated carbocycles. The number of carbonyl (C=O) groups excluding carboxylic acids is 3. The average Bonchev–Trinajstić information content (AvgIpc) is 3.49. The first-order chi connectivity index (χ1) is 27.3. The second-order valence-electron chi connectivity index (χ2n) is 14.3. The van der Waals surface area contributed by atoms with E-state index in [4.69, 9.17) is 14.2 Å². The van der Waals surface area contributed by atoms with Gasteiger partial charge in [0, 0.05) is 43.4 Å². The van der Waals surface area contributed by atoms with Crippen molar-refractivity contribution in [1.29, 1.82) is 0 Å². The Morgan fingerprint density at radius 1 is 0.857 bits per heavy atom. The molecule has 288 valence electrons. The minimum Gasteiger partial charge on any atom is -0.445 e. The Kier molecular flexibility index (Phi) is 12.6. The summed E-state index contributed by atoms with van der Waals surface area (Å²) in [7, 11) is 2.10. The highest BCUT2D eigenvalue weighted by atomic mass is 16.7. The first-order valence-electron chi connectivity index (χ1n) is 18.9. The number of benzene rings is 4. The lowest BCUT2D eigenvalue weighted by Crippen LogP contribution is -2.41. The first-order valence-corrected chi connectivity index (χ1v) is 18.9. The molecule has 11 heteroatoms. The molecule has 4 unspecified atom stereocenters. The number of aliphatic hydroxyl groups is 1. The number of aromatic nitrogens is 1. The van der Waals surface area contributed by atoms with Gasteiger partial charge in [0.25, 0.3) is 5.91 Å². The lowest BCUT2D eigenvalue weighted by atomic mass is 9.99. The van der Waals surface area contributed by atoms with Gasteiger partial charge in [-0.3, -0.25) is 19.5 Å². The van der Waals surface area contributed by atoms with Crippen molar-refractivity contribution in [1.82, 2.24) is 20.1 Å². The molecule has 1 aromatic heterocycles. The van der Waals surface area contributed by atoms with E-state index in [0.717, 1.165) is 64.1 Å². The molecule has 0 spiro atoms. The Morgan fingerprint density at radius 2 is 1.61 bits per heavy atom. The van der Waals surface area contributed by atoms with Crippen LogP contribution in [-0.2, 0) is 50.0 Å². The summed E-state index contributed by atoms with van der Waals surface area (Å²) >= 11 is 0. The number of likely N-dealkylation sites (N-methyl/N-ethyl adjacent to an activating group) is 1. The number of rotatable bonds is 14. The fourth-order valence-corrected chi connectivity index (χ4v) is 7.06. The van der Waals surface area contributed by atoms with Gasteiger partial charge in [0.1, 0.15) is 12.6 Å². The van der Waals surface area contributed by atoms with Gasteiger partial charge in [0.05, 0.1) is 31.8 Å². The van der Waals surface area contributed by atoms with Crippen LogP contribution < -0.4 is 5.32 Å². The third-order valence-corrected chi connectivity index (χ3v) is 10.1. The van der Waals surface area contributed by atoms with Gasteiger partial charge in [-0.1, -0.05) is 103 Å². The van der Waals surface area contributed by atoms with Gasteiger partial charge in [-0.25, -0.2) is 4.79 Å². The molecule has 0 bridgehead atoms. The van der Waals surface area contributed by atoms with E-state index < -0.39 is 24.3 Å². The largest absolute Gasteiger partial charge is 0.445 e. The van der Waals surface area contributed by atoms with E-state index in [9.17, 15) is 19.5 Å². The highest BCUT2D eigenvalue weighted by Crippen LogP contribution is 2.38. The molecule has 4 aromatic carbocycles. The number of hydrogen-bond acceptors (Lipinski definition) is 9. The maximum absolute atomic E-state index is 13.2. The van der Waals surface area contributed by atoms with E-state index >= 15 is 0 Å². The number of imide groups is 1. The van der Waals surface area contributed by atoms with Crippen molar-refractivity contribution in [3.8, 4) is 11.1 Å². The second-order valence-corrected chi connectivity index (χ2v) is 14.3. The molecule has 0 aliphatic carbocycles. The first kappa shape index (κ1) is 38.6. The predicted molar refractivity (Wildman–Crippen MR) is 209 cm³/mol. The average molecular weight is 755 g/mol. The highest BCUT2D eigenvalue weighted by molar-refractivity contribution is 6.06. The summed E-state index contributed by atoms with van der Waals surface area (Å²) in [5, 5.41) is 12.1. The summed E-state index contributed by atoms with van der Waals surface area (Å²) < 4.78 is 18.4. The number of nitrogens with zero attached hydrogens (tertiary/aromatic N) is 3. The number of pyridine rings is 1. The lowest BCUT2D eigenvalue weighted by Gasteiger charge is -2.38. The number of aliphatic hydroxyl groups excluding tert-OH is 1. The van der Waals surface area contributed by atoms with Crippen molar-refractivity contribution in [2.45, 2.75) is 63.6 Å². The number of ether oxygens (including phenoxy) is 3. The molecule has 2 aliphatic heterocycles. The van der Waals surface area contributed by atoms with E-state index in [-0.39, 0.29) is 44.3 Å². The quantitative estimate of drug-likeness (QED) is 0.122. The van der Waals surface area contributed by atoms with Crippen molar-refractivity contribution in [3.05, 3.63) is 161 Å². The molecule has 7 rings (SSSR count). The molecular formula is C45H46N4O7. The van der Waals surface area contributed by atoms with E-state index in [1.54, 1.807) is 0 Å². The monoisotopic (exact) mass is 754 g/mol. The van der Waals surface area contributed by atoms with E-state index in [1.165, 1.54) is 4.90 Å². The number of carbonyl (C=O) groups is 3. The lowest BCUT2D eigenvalue weighted by molar-refractivity contribution is -0.252. The van der Waals surface area contributed by atoms with Gasteiger partial charge in [-0.2, -0.15) is 0 Å². The summed E-state index contributed by atoms with van der Waals surface area (Å²) in [4.78, 5) is 46.4. The number of alkyl carbamates (subject to hydrolysis) is 1. The van der Waals surface area contributed by atoms with Crippen molar-refractivity contribution in [2.75, 3.05) is 20.1 Å². The minimum atomic E-state index is -0.975. The number of nitrogens with one attached hydrogen (secondary N) is 1. The van der Waals surface area contributed by atoms with Crippen LogP contribution in [-0.4, -0.2) is 70.1 Å². The molecule has 4 atom stereocenters. The third-order valence-electron chi connectivity index (χ3n) is 10.1. The fourth-order valence-electron chi connectivity index (χ4n) is 7.06. The van der Waals surface area contributed by atoms with Crippen molar-refractivity contribution in [3.63, 3.8) is 0 Å². The van der Waals surface area contributed by atoms with Crippen LogP contribution in [0.5, 0.6) is 0 Å². The zero-order valence-electron chi connectivity index (χ0n) is 31.3. The summed E-state index contributed by atoms with van der Waals surface area (Å²) in [6.07, 6.45) is 1.60. The summed E-state index contributed by atoms with van der Waals surface area (Å²) in [5.41, 5.74) is 7.29. The standard InChI is InChI=1S/C45H46N4O7/c1-48(23-21-38-12-5-6-22-46-38)28-39-25-41(35-15-13-31(29-50)14-16-35)56-44(55-39)36-19-17-34(18-20-36)37-11-7-10-33(24-37)27-49-42(51)26-40(43(49)52)47-45(53)54-30-32-8-3-2-4-9-32/h2-20,22,24,39-41,44,50H,21,23,25-30H2,1H3,(H,47,53). The molecular weight excluding hydrogens is 709 g/mol. The zero-order valence-corrected chi connectivity index (χ0v) is 31.3. The molecule has 5 aromatic rings. The molecule has 3 amide bonds. The van der Waals surface area contributed by atoms with Gasteiger partial charge in [0.2, 0.25) is 5.91 Å². The number of amides is 3. The molecule has 2 N–H and O–H groups in total. The van der Waals surface area contributed by atoms with Gasteiger partial charge >= 0.3 is 6.09 Å². The molecule has 0 radical (unpaired) electrons. The minimum absolute atomic E-state index is 0.0170. The van der Waals surface area contributed by atoms with Crippen LogP contribution in [0.25, 0.3) is 11.1 Å². The highest BCUT2D eigenvalue weighted by Gasteiger charge is 2.40. The van der Waals surface area contributed by atoms with E-state index in [2.05, 4.69) is 22.2 Å². The SMILES string of the molecule is CN(CCc1ccccn1)CC1CC(c2ccc(CO)cc2)OC(c2ccc(-c3cccc(CN4C(=O)CC(NC(=O)OCc5ccccc5)C4=O)c3)cc2)O1. The van der Waals surface area contributed by atoms with Crippen molar-refractivity contribution >= 4 is 17.9 Å². The molecule has 11 nitrogen and oxygen atoms in total. The predicted octanol–water partition coefficient (Wildman–Crippen LogP) is 6.51. The smallest absolute Gasteiger partial charge is 0.408 e. The summed E-state index contributed by atoms with van der Waals surface area (Å²) in [6, 6.07) is 37.9. The van der Waals surface area contributed by atoms with Crippen LogP contribution in [0.4, 0.5) is 4.79 Å². The Hall–Kier alpha value is -5.72. The molecule has 2 saturated heterocycles. The van der Waals surface area contributed by atoms with Crippen molar-refractivity contribution < 1.29 is 33.7 Å². The summed E-state index contributed by atoms with van der Waals surface area (Å²) in [6.45, 7) is 1.69. The number of likely N-dealkylation sites (tertiary alicyclic amines) is 1. The van der Waals surface area contributed by atoms with Crippen molar-refractivity contribution in [2.24, 2.45) is 0 Å². The molecule has 3 heterocycles. The van der Waals surface area contributed by atoms with Crippen LogP contribution in [0.1, 0.15) is 58.7 Å². The Morgan fingerprint density at radius 3 is 2.36 bits per heavy atom. The Bertz CT molecular complexity index is 2080. The molecule has 56 heavy (non-hydrogen) atoms. The van der Waals surface area contributed by atoms with Gasteiger partial charge in [-0.05, 0) is 58.6 Å². The fraction of sp³-hybridized carbons (Fsp3) is 0.289. The third kappa shape index (κ3) is 9.92. The Labute approximate surface area is 326 Å². The van der Waals surface area contributed by atoms with E-state index in [1.807, 2.05) is 128 Å². The zero-order chi connectivity index (χ0) is 38.9. The Balaban J connectivity index is 0.991. The van der Waals surface area contributed by atoms with Crippen LogP contribution in [0.3, 0.4) is 0 Å². The van der Waals surface area contributed by atoms with Crippen LogP contribution >= 0.6 is 0 Å². The molecule has 2 aliphatic rings. The van der Waals surface area contributed by atoms with Crippen LogP contribution in [0.15, 0.2) is 128 Å². The maximum Gasteiger partial charge on any atom is 0.408 e.